The first-order chi connectivity index (χ1) is 12.5. The molecule has 26 heavy (non-hydrogen) atoms. The lowest BCUT2D eigenvalue weighted by molar-refractivity contribution is 0.193. The van der Waals surface area contributed by atoms with Gasteiger partial charge in [0.05, 0.1) is 24.3 Å². The monoisotopic (exact) mass is 354 g/mol. The van der Waals surface area contributed by atoms with E-state index in [1.54, 1.807) is 0 Å². The summed E-state index contributed by atoms with van der Waals surface area (Å²) in [6, 6.07) is 11.4. The third kappa shape index (κ3) is 3.56. The molecule has 4 rings (SSSR count). The molecule has 2 saturated heterocycles. The first-order valence-corrected chi connectivity index (χ1v) is 9.71. The van der Waals surface area contributed by atoms with Crippen LogP contribution in [0.3, 0.4) is 0 Å². The Morgan fingerprint density at radius 2 is 2.00 bits per heavy atom. The number of aromatic nitrogens is 2. The van der Waals surface area contributed by atoms with Gasteiger partial charge in [-0.2, -0.15) is 0 Å². The Morgan fingerprint density at radius 3 is 2.65 bits per heavy atom. The molecule has 3 heterocycles. The number of hydrogen-bond donors (Lipinski definition) is 2. The van der Waals surface area contributed by atoms with Gasteiger partial charge < -0.3 is 9.30 Å². The van der Waals surface area contributed by atoms with Crippen LogP contribution in [-0.4, -0.2) is 34.8 Å². The molecule has 3 unspecified atom stereocenters. The zero-order valence-corrected chi connectivity index (χ0v) is 16.0. The van der Waals surface area contributed by atoms with Gasteiger partial charge in [0.1, 0.15) is 0 Å². The lowest BCUT2D eigenvalue weighted by Gasteiger charge is -2.26. The predicted octanol–water partition coefficient (Wildman–Crippen LogP) is 3.34. The summed E-state index contributed by atoms with van der Waals surface area (Å²) in [7, 11) is 0. The molecule has 2 aromatic rings. The topological polar surface area (TPSA) is 51.1 Å². The van der Waals surface area contributed by atoms with Crippen molar-refractivity contribution in [3.63, 3.8) is 0 Å². The van der Waals surface area contributed by atoms with E-state index in [9.17, 15) is 0 Å². The molecule has 3 atom stereocenters. The van der Waals surface area contributed by atoms with Crippen LogP contribution < -0.4 is 10.9 Å². The van der Waals surface area contributed by atoms with Gasteiger partial charge in [-0.05, 0) is 18.3 Å². The van der Waals surface area contributed by atoms with Gasteiger partial charge in [0.2, 0.25) is 0 Å². The van der Waals surface area contributed by atoms with Crippen molar-refractivity contribution in [1.82, 2.24) is 20.4 Å². The minimum absolute atomic E-state index is 0.258. The van der Waals surface area contributed by atoms with E-state index in [4.69, 9.17) is 9.72 Å². The van der Waals surface area contributed by atoms with Gasteiger partial charge in [0.15, 0.2) is 0 Å². The van der Waals surface area contributed by atoms with Crippen molar-refractivity contribution in [2.75, 3.05) is 13.2 Å². The molecule has 2 N–H and O–H groups in total. The minimum atomic E-state index is 0.258. The highest BCUT2D eigenvalue weighted by atomic mass is 16.5. The van der Waals surface area contributed by atoms with Crippen LogP contribution in [0.5, 0.6) is 0 Å². The maximum atomic E-state index is 5.69. The molecule has 5 heteroatoms. The van der Waals surface area contributed by atoms with Gasteiger partial charge >= 0.3 is 0 Å². The van der Waals surface area contributed by atoms with Crippen molar-refractivity contribution in [3.8, 4) is 11.3 Å². The maximum absolute atomic E-state index is 5.69. The Balaban J connectivity index is 1.59. The Kier molecular flexibility index (Phi) is 4.86. The molecule has 2 fully saturated rings. The summed E-state index contributed by atoms with van der Waals surface area (Å²) in [5.74, 6) is 0.431. The van der Waals surface area contributed by atoms with E-state index in [2.05, 4.69) is 66.5 Å². The summed E-state index contributed by atoms with van der Waals surface area (Å²) in [5, 5.41) is 0. The van der Waals surface area contributed by atoms with Gasteiger partial charge in [-0.3, -0.25) is 10.9 Å². The summed E-state index contributed by atoms with van der Waals surface area (Å²) < 4.78 is 8.04. The van der Waals surface area contributed by atoms with Crippen LogP contribution >= 0.6 is 0 Å². The van der Waals surface area contributed by atoms with Crippen LogP contribution in [0.2, 0.25) is 0 Å². The molecule has 5 nitrogen and oxygen atoms in total. The molecule has 0 amide bonds. The summed E-state index contributed by atoms with van der Waals surface area (Å²) in [6.07, 6.45) is 4.22. The molecule has 0 spiro atoms. The highest BCUT2D eigenvalue weighted by Crippen LogP contribution is 2.34. The maximum Gasteiger partial charge on any atom is 0.0956 e. The molecule has 1 aromatic carbocycles. The number of benzene rings is 1. The van der Waals surface area contributed by atoms with E-state index < -0.39 is 0 Å². The van der Waals surface area contributed by atoms with Crippen LogP contribution in [0.4, 0.5) is 0 Å². The molecular formula is C21H30N4O. The first kappa shape index (κ1) is 17.7. The van der Waals surface area contributed by atoms with E-state index in [1.807, 2.05) is 6.33 Å². The van der Waals surface area contributed by atoms with E-state index in [1.165, 1.54) is 11.3 Å². The molecule has 0 radical (unpaired) electrons. The fourth-order valence-corrected chi connectivity index (χ4v) is 4.08. The number of hydrogen-bond acceptors (Lipinski definition) is 4. The van der Waals surface area contributed by atoms with Gasteiger partial charge in [-0.25, -0.2) is 4.98 Å². The standard InChI is InChI=1S/C21H30N4O/c1-21(2,3)18-11-17(23-24-18)12-25-14-22-19(15-7-5-4-6-8-15)20(25)16-9-10-26-13-16/h4-8,14,16-18,23-24H,9-13H2,1-3H3. The van der Waals surface area contributed by atoms with Crippen molar-refractivity contribution >= 4 is 0 Å². The lowest BCUT2D eigenvalue weighted by Crippen LogP contribution is -2.40. The van der Waals surface area contributed by atoms with Crippen molar-refractivity contribution < 1.29 is 4.74 Å². The van der Waals surface area contributed by atoms with Crippen LogP contribution in [-0.2, 0) is 11.3 Å². The highest BCUT2D eigenvalue weighted by Gasteiger charge is 2.34. The van der Waals surface area contributed by atoms with Crippen molar-refractivity contribution in [2.45, 2.75) is 58.2 Å². The summed E-state index contributed by atoms with van der Waals surface area (Å²) in [5.41, 5.74) is 10.9. The molecule has 0 bridgehead atoms. The fourth-order valence-electron chi connectivity index (χ4n) is 4.08. The average molecular weight is 354 g/mol. The van der Waals surface area contributed by atoms with Crippen LogP contribution in [0, 0.1) is 5.41 Å². The second-order valence-corrected chi connectivity index (χ2v) is 8.70. The van der Waals surface area contributed by atoms with Gasteiger partial charge in [0, 0.05) is 36.7 Å². The molecule has 2 aliphatic heterocycles. The van der Waals surface area contributed by atoms with Gasteiger partial charge in [0.25, 0.3) is 0 Å². The normalized spacial score (nSPS) is 26.5. The zero-order chi connectivity index (χ0) is 18.1. The number of rotatable bonds is 4. The predicted molar refractivity (Wildman–Crippen MR) is 104 cm³/mol. The Bertz CT molecular complexity index is 728. The lowest BCUT2D eigenvalue weighted by atomic mass is 9.84. The second-order valence-electron chi connectivity index (χ2n) is 8.70. The Morgan fingerprint density at radius 1 is 1.19 bits per heavy atom. The molecule has 0 saturated carbocycles. The quantitative estimate of drug-likeness (QED) is 0.884. The van der Waals surface area contributed by atoms with Crippen LogP contribution in [0.15, 0.2) is 36.7 Å². The zero-order valence-electron chi connectivity index (χ0n) is 16.0. The SMILES string of the molecule is CC(C)(C)C1CC(Cn2cnc(-c3ccccc3)c2C2CCOC2)NN1. The van der Waals surface area contributed by atoms with Crippen molar-refractivity contribution in [3.05, 3.63) is 42.4 Å². The molecule has 140 valence electrons. The second kappa shape index (κ2) is 7.14. The minimum Gasteiger partial charge on any atom is -0.381 e. The highest BCUT2D eigenvalue weighted by molar-refractivity contribution is 5.62. The largest absolute Gasteiger partial charge is 0.381 e. The molecule has 0 aliphatic carbocycles. The van der Waals surface area contributed by atoms with Crippen molar-refractivity contribution in [1.29, 1.82) is 0 Å². The summed E-state index contributed by atoms with van der Waals surface area (Å²) in [6.45, 7) is 9.46. The Labute approximate surface area is 156 Å². The average Bonchev–Trinajstić information content (AvgIpc) is 3.35. The first-order valence-electron chi connectivity index (χ1n) is 9.71. The van der Waals surface area contributed by atoms with Gasteiger partial charge in [-0.15, -0.1) is 0 Å². The third-order valence-corrected chi connectivity index (χ3v) is 5.69. The molecule has 2 aliphatic rings. The van der Waals surface area contributed by atoms with E-state index in [-0.39, 0.29) is 5.41 Å². The number of nitrogens with one attached hydrogen (secondary N) is 2. The third-order valence-electron chi connectivity index (χ3n) is 5.69. The smallest absolute Gasteiger partial charge is 0.0956 e. The fraction of sp³-hybridized carbons (Fsp3) is 0.571. The van der Waals surface area contributed by atoms with E-state index in [0.717, 1.165) is 38.3 Å². The van der Waals surface area contributed by atoms with Crippen LogP contribution in [0.1, 0.15) is 45.2 Å². The van der Waals surface area contributed by atoms with Crippen LogP contribution in [0.25, 0.3) is 11.3 Å². The summed E-state index contributed by atoms with van der Waals surface area (Å²) in [4.78, 5) is 4.80. The van der Waals surface area contributed by atoms with Gasteiger partial charge in [-0.1, -0.05) is 51.1 Å². The Hall–Kier alpha value is -1.69. The summed E-state index contributed by atoms with van der Waals surface area (Å²) >= 11 is 0. The number of nitrogens with zero attached hydrogens (tertiary/aromatic N) is 2. The molecular weight excluding hydrogens is 324 g/mol. The number of imidazole rings is 1. The van der Waals surface area contributed by atoms with Crippen molar-refractivity contribution in [2.24, 2.45) is 5.41 Å². The molecule has 1 aromatic heterocycles. The number of ether oxygens (including phenoxy) is 1. The number of hydrazine groups is 1. The van der Waals surface area contributed by atoms with E-state index in [0.29, 0.717) is 18.0 Å². The van der Waals surface area contributed by atoms with E-state index >= 15 is 0 Å².